The first kappa shape index (κ1) is 33.3. The molecular weight excluding hydrogens is 645 g/mol. The molecule has 0 saturated heterocycles. The Balaban J connectivity index is 1.96. The minimum atomic E-state index is -0.999. The second kappa shape index (κ2) is 17.0. The second-order valence-corrected chi connectivity index (χ2v) is 10.3. The number of rotatable bonds is 17. The molecule has 1 aromatic carbocycles. The van der Waals surface area contributed by atoms with Gasteiger partial charge in [-0.1, -0.05) is 18.2 Å². The van der Waals surface area contributed by atoms with E-state index in [2.05, 4.69) is 30.9 Å². The van der Waals surface area contributed by atoms with Gasteiger partial charge in [-0.25, -0.2) is 0 Å². The van der Waals surface area contributed by atoms with Crippen LogP contribution in [0.2, 0.25) is 0 Å². The zero-order valence-electron chi connectivity index (χ0n) is 22.6. The SMILES string of the molecule is NC(N)=NCCC[C@H](NC(=O)[C@@H](N)CCCN=C(N)N)C(=O)NCC(=O)N[C@@H](Cc1c[nH]c2ccccc12)C(=O)I. The molecule has 15 nitrogen and oxygen atoms in total. The van der Waals surface area contributed by atoms with Gasteiger partial charge in [0.1, 0.15) is 12.1 Å². The molecule has 0 radical (unpaired) electrons. The second-order valence-electron chi connectivity index (χ2n) is 9.27. The monoisotopic (exact) mass is 683 g/mol. The minimum absolute atomic E-state index is 0.0586. The number of hydrogen-bond donors (Lipinski definition) is 9. The highest BCUT2D eigenvalue weighted by Crippen LogP contribution is 2.19. The molecule has 0 unspecified atom stereocenters. The lowest BCUT2D eigenvalue weighted by Crippen LogP contribution is -2.53. The summed E-state index contributed by atoms with van der Waals surface area (Å²) in [6.45, 7) is 0.139. The molecule has 41 heavy (non-hydrogen) atoms. The molecule has 0 aliphatic carbocycles. The maximum absolute atomic E-state index is 12.9. The van der Waals surface area contributed by atoms with E-state index in [-0.39, 0.29) is 41.5 Å². The van der Waals surface area contributed by atoms with Crippen molar-refractivity contribution in [2.24, 2.45) is 38.7 Å². The Bertz CT molecular complexity index is 1260. The van der Waals surface area contributed by atoms with Crippen LogP contribution in [0.25, 0.3) is 10.9 Å². The molecule has 0 fully saturated rings. The fourth-order valence-corrected chi connectivity index (χ4v) is 4.32. The lowest BCUT2D eigenvalue weighted by atomic mass is 10.1. The van der Waals surface area contributed by atoms with Crippen LogP contribution in [-0.2, 0) is 25.6 Å². The first-order chi connectivity index (χ1) is 19.5. The average molecular weight is 684 g/mol. The summed E-state index contributed by atoms with van der Waals surface area (Å²) < 4.78 is -0.258. The summed E-state index contributed by atoms with van der Waals surface area (Å²) >= 11 is 1.64. The maximum atomic E-state index is 12.9. The van der Waals surface area contributed by atoms with E-state index < -0.39 is 42.4 Å². The highest BCUT2D eigenvalue weighted by atomic mass is 127. The van der Waals surface area contributed by atoms with Crippen LogP contribution in [0.4, 0.5) is 0 Å². The summed E-state index contributed by atoms with van der Waals surface area (Å²) in [5.41, 5.74) is 29.0. The van der Waals surface area contributed by atoms with Crippen LogP contribution in [0.15, 0.2) is 40.4 Å². The number of carbonyl (C=O) groups is 4. The van der Waals surface area contributed by atoms with Crippen molar-refractivity contribution in [2.45, 2.75) is 50.2 Å². The zero-order valence-corrected chi connectivity index (χ0v) is 24.7. The smallest absolute Gasteiger partial charge is 0.243 e. The Hall–Kier alpha value is -3.93. The van der Waals surface area contributed by atoms with Gasteiger partial charge in [0.2, 0.25) is 21.5 Å². The van der Waals surface area contributed by atoms with Crippen molar-refractivity contribution in [1.82, 2.24) is 20.9 Å². The quantitative estimate of drug-likeness (QED) is 0.0298. The third-order valence-corrected chi connectivity index (χ3v) is 6.77. The average Bonchev–Trinajstić information content (AvgIpc) is 3.33. The Morgan fingerprint density at radius 1 is 0.878 bits per heavy atom. The highest BCUT2D eigenvalue weighted by Gasteiger charge is 2.25. The highest BCUT2D eigenvalue weighted by molar-refractivity contribution is 14.1. The third kappa shape index (κ3) is 12.0. The van der Waals surface area contributed by atoms with Gasteiger partial charge in [0.15, 0.2) is 11.9 Å². The Kier molecular flexibility index (Phi) is 13.8. The van der Waals surface area contributed by atoms with E-state index in [9.17, 15) is 19.2 Å². The van der Waals surface area contributed by atoms with Crippen LogP contribution in [0, 0.1) is 0 Å². The standard InChI is InChI=1S/C25H38IN11O4/c26-21(39)19(11-14-12-34-17-7-2-1-5-15(14)17)36-20(38)13-35-23(41)18(8-4-10-33-25(30)31)37-22(40)16(27)6-3-9-32-24(28)29/h1-2,5,7,12,16,18-19,34H,3-4,6,8-11,13,27H2,(H,35,41)(H,36,38)(H,37,40)(H4,28,29,32)(H4,30,31,33)/t16-,18-,19-/m0/s1. The van der Waals surface area contributed by atoms with Crippen molar-refractivity contribution in [2.75, 3.05) is 19.6 Å². The number of aromatic amines is 1. The number of carbonyl (C=O) groups excluding carboxylic acids is 4. The molecular formula is C25H38IN11O4. The van der Waals surface area contributed by atoms with E-state index in [4.69, 9.17) is 28.7 Å². The molecule has 1 heterocycles. The summed E-state index contributed by atoms with van der Waals surface area (Å²) in [4.78, 5) is 61.4. The number of para-hydroxylation sites is 1. The van der Waals surface area contributed by atoms with Crippen molar-refractivity contribution < 1.29 is 19.2 Å². The van der Waals surface area contributed by atoms with Gasteiger partial charge in [0, 0.05) is 59.2 Å². The molecule has 16 heteroatoms. The van der Waals surface area contributed by atoms with Crippen molar-refractivity contribution >= 4 is 66.9 Å². The fraction of sp³-hybridized carbons (Fsp3) is 0.440. The van der Waals surface area contributed by atoms with E-state index >= 15 is 0 Å². The number of hydrogen-bond acceptors (Lipinski definition) is 7. The van der Waals surface area contributed by atoms with Gasteiger partial charge >= 0.3 is 0 Å². The third-order valence-electron chi connectivity index (χ3n) is 6.01. The van der Waals surface area contributed by atoms with Crippen molar-refractivity contribution in [3.05, 3.63) is 36.0 Å². The Morgan fingerprint density at radius 2 is 1.51 bits per heavy atom. The molecule has 1 aromatic heterocycles. The number of H-pyrrole nitrogens is 1. The molecule has 0 bridgehead atoms. The van der Waals surface area contributed by atoms with Gasteiger partial charge in [-0.05, 0) is 37.3 Å². The minimum Gasteiger partial charge on any atom is -0.370 e. The number of aromatic nitrogens is 1. The zero-order chi connectivity index (χ0) is 30.4. The normalized spacial score (nSPS) is 12.9. The summed E-state index contributed by atoms with van der Waals surface area (Å²) in [7, 11) is 0. The summed E-state index contributed by atoms with van der Waals surface area (Å²) in [5.74, 6) is -1.86. The lowest BCUT2D eigenvalue weighted by molar-refractivity contribution is -0.131. The van der Waals surface area contributed by atoms with Crippen molar-refractivity contribution in [3.63, 3.8) is 0 Å². The van der Waals surface area contributed by atoms with Gasteiger partial charge in [0.25, 0.3) is 0 Å². The number of nitrogens with two attached hydrogens (primary N) is 5. The topological polar surface area (TPSA) is 275 Å². The van der Waals surface area contributed by atoms with E-state index in [0.717, 1.165) is 16.5 Å². The summed E-state index contributed by atoms with van der Waals surface area (Å²) in [5, 5.41) is 8.76. The number of amides is 3. The van der Waals surface area contributed by atoms with E-state index in [1.54, 1.807) is 28.8 Å². The lowest BCUT2D eigenvalue weighted by Gasteiger charge is -2.21. The largest absolute Gasteiger partial charge is 0.370 e. The molecule has 14 N–H and O–H groups in total. The number of guanidine groups is 2. The first-order valence-electron chi connectivity index (χ1n) is 13.0. The summed E-state index contributed by atoms with van der Waals surface area (Å²) in [6, 6.07) is 4.93. The van der Waals surface area contributed by atoms with Gasteiger partial charge < -0.3 is 49.6 Å². The van der Waals surface area contributed by atoms with Crippen molar-refractivity contribution in [1.29, 1.82) is 0 Å². The van der Waals surface area contributed by atoms with Crippen LogP contribution >= 0.6 is 22.6 Å². The molecule has 3 amide bonds. The number of halogens is 1. The molecule has 2 rings (SSSR count). The van der Waals surface area contributed by atoms with Gasteiger partial charge in [-0.3, -0.25) is 29.2 Å². The fourth-order valence-electron chi connectivity index (χ4n) is 3.95. The molecule has 0 aliphatic heterocycles. The molecule has 3 atom stereocenters. The number of benzene rings is 1. The van der Waals surface area contributed by atoms with Crippen molar-refractivity contribution in [3.8, 4) is 0 Å². The maximum Gasteiger partial charge on any atom is 0.243 e. The van der Waals surface area contributed by atoms with Gasteiger partial charge in [-0.2, -0.15) is 0 Å². The van der Waals surface area contributed by atoms with Crippen LogP contribution in [0.3, 0.4) is 0 Å². The number of aliphatic imine (C=N–C) groups is 2. The van der Waals surface area contributed by atoms with Gasteiger partial charge in [-0.15, -0.1) is 0 Å². The number of nitrogens with one attached hydrogen (secondary N) is 4. The molecule has 2 aromatic rings. The van der Waals surface area contributed by atoms with E-state index in [0.29, 0.717) is 19.4 Å². The Morgan fingerprint density at radius 3 is 2.15 bits per heavy atom. The first-order valence-corrected chi connectivity index (χ1v) is 14.0. The number of fused-ring (bicyclic) bond motifs is 1. The predicted molar refractivity (Wildman–Crippen MR) is 166 cm³/mol. The van der Waals surface area contributed by atoms with E-state index in [1.165, 1.54) is 0 Å². The van der Waals surface area contributed by atoms with Crippen LogP contribution < -0.4 is 44.6 Å². The van der Waals surface area contributed by atoms with Gasteiger partial charge in [0.05, 0.1) is 12.6 Å². The summed E-state index contributed by atoms with van der Waals surface area (Å²) in [6.07, 6.45) is 3.38. The predicted octanol–water partition coefficient (Wildman–Crippen LogP) is -1.81. The molecule has 0 spiro atoms. The molecule has 0 aliphatic rings. The van der Waals surface area contributed by atoms with Crippen LogP contribution in [0.1, 0.15) is 31.2 Å². The van der Waals surface area contributed by atoms with E-state index in [1.807, 2.05) is 24.3 Å². The Labute approximate surface area is 251 Å². The molecule has 0 saturated carbocycles. The number of nitrogens with zero attached hydrogens (tertiary/aromatic N) is 2. The van der Waals surface area contributed by atoms with Crippen LogP contribution in [-0.4, -0.2) is 76.2 Å². The van der Waals surface area contributed by atoms with Crippen LogP contribution in [0.5, 0.6) is 0 Å². The molecule has 224 valence electrons.